The molecule has 1 aliphatic rings. The van der Waals surface area contributed by atoms with E-state index in [1.54, 1.807) is 6.08 Å². The summed E-state index contributed by atoms with van der Waals surface area (Å²) < 4.78 is 37.7. The van der Waals surface area contributed by atoms with Crippen LogP contribution in [0.5, 0.6) is 0 Å². The number of benzene rings is 1. The molecule has 0 unspecified atom stereocenters. The van der Waals surface area contributed by atoms with Crippen molar-refractivity contribution in [2.24, 2.45) is 4.99 Å². The molecule has 7 heteroatoms. The average molecular weight is 319 g/mol. The molecule has 1 aromatic carbocycles. The zero-order valence-electron chi connectivity index (χ0n) is 10.7. The monoisotopic (exact) mass is 319 g/mol. The van der Waals surface area contributed by atoms with E-state index >= 15 is 0 Å². The molecule has 0 atom stereocenters. The van der Waals surface area contributed by atoms with Crippen molar-refractivity contribution >= 4 is 49.1 Å². The van der Waals surface area contributed by atoms with E-state index in [4.69, 9.17) is 0 Å². The van der Waals surface area contributed by atoms with Gasteiger partial charge in [-0.2, -0.15) is 19.1 Å². The molecule has 0 amide bonds. The predicted octanol–water partition coefficient (Wildman–Crippen LogP) is 1.46. The first-order valence-electron chi connectivity index (χ1n) is 5.57. The molecule has 0 aromatic heterocycles. The van der Waals surface area contributed by atoms with Crippen LogP contribution in [-0.2, 0) is 6.18 Å². The Labute approximate surface area is 148 Å². The van der Waals surface area contributed by atoms with E-state index in [9.17, 15) is 23.4 Å². The zero-order chi connectivity index (χ0) is 14.8. The van der Waals surface area contributed by atoms with Crippen molar-refractivity contribution in [3.63, 3.8) is 0 Å². The third-order valence-electron chi connectivity index (χ3n) is 2.55. The van der Waals surface area contributed by atoms with Gasteiger partial charge >= 0.3 is 43.9 Å². The molecule has 0 radical (unpaired) electrons. The second-order valence-corrected chi connectivity index (χ2v) is 3.96. The third kappa shape index (κ3) is 4.62. The number of aliphatic imine (C=N–C) groups is 1. The maximum Gasteiger partial charge on any atom is 2.00 e. The van der Waals surface area contributed by atoms with Gasteiger partial charge in [-0.3, -0.25) is 0 Å². The molecule has 1 aliphatic carbocycles. The van der Waals surface area contributed by atoms with E-state index < -0.39 is 17.7 Å². The van der Waals surface area contributed by atoms with Crippen LogP contribution in [0.15, 0.2) is 65.1 Å². The van der Waals surface area contributed by atoms with Crippen molar-refractivity contribution in [2.75, 3.05) is 0 Å². The van der Waals surface area contributed by atoms with Gasteiger partial charge in [0, 0.05) is 0 Å². The minimum Gasteiger partial charge on any atom is -0.883 e. The molecular formula is C14H8CaF3NO2. The molecule has 1 aromatic rings. The Morgan fingerprint density at radius 1 is 1.05 bits per heavy atom. The smallest absolute Gasteiger partial charge is 0.883 e. The minimum absolute atomic E-state index is 0. The van der Waals surface area contributed by atoms with Crippen LogP contribution in [-0.4, -0.2) is 43.4 Å². The molecule has 0 saturated heterocycles. The Bertz CT molecular complexity index is 642. The van der Waals surface area contributed by atoms with Crippen molar-refractivity contribution in [2.45, 2.75) is 6.18 Å². The summed E-state index contributed by atoms with van der Waals surface area (Å²) in [5.74, 6) is -1.43. The van der Waals surface area contributed by atoms with Crippen molar-refractivity contribution in [3.8, 4) is 0 Å². The molecule has 0 heterocycles. The van der Waals surface area contributed by atoms with Gasteiger partial charge in [0.05, 0.1) is 17.0 Å². The van der Waals surface area contributed by atoms with Crippen LogP contribution >= 0.6 is 0 Å². The SMILES string of the molecule is [Ca+2].[O-]C([O-])=C1C=CC=CC1=Nc1cccc(C(F)(F)F)c1. The Kier molecular flexibility index (Phi) is 6.07. The Morgan fingerprint density at radius 3 is 2.33 bits per heavy atom. The topological polar surface area (TPSA) is 58.5 Å². The first-order valence-corrected chi connectivity index (χ1v) is 5.57. The first kappa shape index (κ1) is 17.8. The molecule has 0 aliphatic heterocycles. The summed E-state index contributed by atoms with van der Waals surface area (Å²) in [7, 11) is 0. The maximum absolute atomic E-state index is 12.6. The summed E-state index contributed by atoms with van der Waals surface area (Å²) in [5, 5.41) is 21.8. The maximum atomic E-state index is 12.6. The van der Waals surface area contributed by atoms with Gasteiger partial charge in [-0.1, -0.05) is 24.3 Å². The quantitative estimate of drug-likeness (QED) is 0.581. The summed E-state index contributed by atoms with van der Waals surface area (Å²) in [5.41, 5.74) is -0.949. The van der Waals surface area contributed by atoms with Gasteiger partial charge < -0.3 is 10.2 Å². The largest absolute Gasteiger partial charge is 2.00 e. The minimum atomic E-state index is -4.47. The zero-order valence-corrected chi connectivity index (χ0v) is 12.9. The van der Waals surface area contributed by atoms with E-state index in [-0.39, 0.29) is 54.7 Å². The number of allylic oxidation sites excluding steroid dienone is 5. The molecular weight excluding hydrogens is 311 g/mol. The molecule has 21 heavy (non-hydrogen) atoms. The van der Waals surface area contributed by atoms with Crippen molar-refractivity contribution < 1.29 is 23.4 Å². The second kappa shape index (κ2) is 7.15. The van der Waals surface area contributed by atoms with Gasteiger partial charge in [0.2, 0.25) is 0 Å². The molecule has 0 spiro atoms. The van der Waals surface area contributed by atoms with E-state index in [0.717, 1.165) is 12.1 Å². The summed E-state index contributed by atoms with van der Waals surface area (Å²) in [6.07, 6.45) is 1.22. The van der Waals surface area contributed by atoms with Crippen LogP contribution in [0.2, 0.25) is 0 Å². The number of nitrogens with zero attached hydrogens (tertiary/aromatic N) is 1. The van der Waals surface area contributed by atoms with Crippen LogP contribution in [0.3, 0.4) is 0 Å². The standard InChI is InChI=1S/C14H10F3NO2.Ca/c15-14(16,17)9-4-3-5-10(8-9)18-12-7-2-1-6-11(12)13(19)20;/h1-8,19-20H;/q;+2/p-2. The number of rotatable bonds is 1. The number of hydrogen-bond donors (Lipinski definition) is 0. The van der Waals surface area contributed by atoms with Crippen molar-refractivity contribution in [1.29, 1.82) is 0 Å². The molecule has 0 N–H and O–H groups in total. The van der Waals surface area contributed by atoms with E-state index in [1.165, 1.54) is 30.4 Å². The molecule has 104 valence electrons. The van der Waals surface area contributed by atoms with Crippen molar-refractivity contribution in [3.05, 3.63) is 65.7 Å². The summed E-state index contributed by atoms with van der Waals surface area (Å²) in [6, 6.07) is 4.35. The second-order valence-electron chi connectivity index (χ2n) is 3.96. The van der Waals surface area contributed by atoms with Crippen LogP contribution in [0.25, 0.3) is 0 Å². The summed E-state index contributed by atoms with van der Waals surface area (Å²) in [4.78, 5) is 3.92. The van der Waals surface area contributed by atoms with Crippen LogP contribution in [0, 0.1) is 0 Å². The van der Waals surface area contributed by atoms with Crippen LogP contribution in [0.4, 0.5) is 18.9 Å². The Hall–Kier alpha value is -1.24. The summed E-state index contributed by atoms with van der Waals surface area (Å²) in [6.45, 7) is 0. The van der Waals surface area contributed by atoms with Gasteiger partial charge in [0.25, 0.3) is 0 Å². The van der Waals surface area contributed by atoms with Crippen molar-refractivity contribution in [1.82, 2.24) is 0 Å². The molecule has 0 bridgehead atoms. The average Bonchev–Trinajstić information content (AvgIpc) is 2.38. The Balaban J connectivity index is 0.00000220. The van der Waals surface area contributed by atoms with E-state index in [1.807, 2.05) is 0 Å². The van der Waals surface area contributed by atoms with Gasteiger partial charge in [-0.15, -0.1) is 0 Å². The fourth-order valence-corrected chi connectivity index (χ4v) is 1.63. The molecule has 0 saturated carbocycles. The van der Waals surface area contributed by atoms with Gasteiger partial charge in [0.1, 0.15) is 0 Å². The molecule has 0 fully saturated rings. The fraction of sp³-hybridized carbons (Fsp3) is 0.0714. The number of alkyl halides is 3. The normalized spacial score (nSPS) is 16.0. The predicted molar refractivity (Wildman–Crippen MR) is 69.6 cm³/mol. The Morgan fingerprint density at radius 2 is 1.71 bits per heavy atom. The van der Waals surface area contributed by atoms with Crippen LogP contribution in [0.1, 0.15) is 5.56 Å². The number of halogens is 3. The van der Waals surface area contributed by atoms with E-state index in [0.29, 0.717) is 0 Å². The third-order valence-corrected chi connectivity index (χ3v) is 2.55. The molecule has 3 nitrogen and oxygen atoms in total. The van der Waals surface area contributed by atoms with Gasteiger partial charge in [-0.05, 0) is 29.8 Å². The fourth-order valence-electron chi connectivity index (χ4n) is 1.63. The molecule has 2 rings (SSSR count). The van der Waals surface area contributed by atoms with Gasteiger partial charge in [0.15, 0.2) is 0 Å². The van der Waals surface area contributed by atoms with Gasteiger partial charge in [-0.25, -0.2) is 4.99 Å². The first-order chi connectivity index (χ1) is 9.38. The van der Waals surface area contributed by atoms with E-state index in [2.05, 4.69) is 4.99 Å². The summed E-state index contributed by atoms with van der Waals surface area (Å²) >= 11 is 0. The van der Waals surface area contributed by atoms with Crippen LogP contribution < -0.4 is 10.2 Å². The number of hydrogen-bond acceptors (Lipinski definition) is 3.